The van der Waals surface area contributed by atoms with Crippen LogP contribution in [0.15, 0.2) is 18.2 Å². The fraction of sp³-hybridized carbons (Fsp3) is 0.500. The third kappa shape index (κ3) is 2.85. The second-order valence-electron chi connectivity index (χ2n) is 7.17. The molecule has 2 aliphatic carbocycles. The second kappa shape index (κ2) is 6.42. The Morgan fingerprint density at radius 2 is 1.92 bits per heavy atom. The van der Waals surface area contributed by atoms with Gasteiger partial charge in [0, 0.05) is 11.3 Å². The van der Waals surface area contributed by atoms with E-state index in [2.05, 4.69) is 40.6 Å². The van der Waals surface area contributed by atoms with Crippen LogP contribution in [0.3, 0.4) is 0 Å². The van der Waals surface area contributed by atoms with Gasteiger partial charge < -0.3 is 5.32 Å². The topological polar surface area (TPSA) is 57.8 Å². The van der Waals surface area contributed by atoms with Gasteiger partial charge in [0.1, 0.15) is 0 Å². The van der Waals surface area contributed by atoms with E-state index in [9.17, 15) is 4.79 Å². The van der Waals surface area contributed by atoms with Crippen molar-refractivity contribution in [3.63, 3.8) is 0 Å². The normalized spacial score (nSPS) is 17.7. The molecule has 24 heavy (non-hydrogen) atoms. The monoisotopic (exact) mass is 323 g/mol. The molecule has 4 heteroatoms. The summed E-state index contributed by atoms with van der Waals surface area (Å²) in [5.41, 5.74) is 6.98. The number of benzene rings is 1. The Morgan fingerprint density at radius 3 is 2.83 bits per heavy atom. The quantitative estimate of drug-likeness (QED) is 0.847. The third-order valence-electron chi connectivity index (χ3n) is 5.49. The van der Waals surface area contributed by atoms with Crippen molar-refractivity contribution in [1.82, 2.24) is 15.5 Å². The highest BCUT2D eigenvalue weighted by molar-refractivity contribution is 5.94. The maximum absolute atomic E-state index is 12.7. The van der Waals surface area contributed by atoms with Gasteiger partial charge in [0.15, 0.2) is 5.69 Å². The Balaban J connectivity index is 1.51. The van der Waals surface area contributed by atoms with E-state index in [4.69, 9.17) is 0 Å². The molecule has 1 aromatic heterocycles. The lowest BCUT2D eigenvalue weighted by Crippen LogP contribution is -2.28. The molecule has 1 amide bonds. The van der Waals surface area contributed by atoms with Crippen LogP contribution in [0.4, 0.5) is 0 Å². The van der Waals surface area contributed by atoms with Crippen LogP contribution in [-0.4, -0.2) is 16.1 Å². The average molecular weight is 323 g/mol. The largest absolute Gasteiger partial charge is 0.344 e. The van der Waals surface area contributed by atoms with Crippen LogP contribution in [0.2, 0.25) is 0 Å². The zero-order chi connectivity index (χ0) is 16.5. The standard InChI is InChI=1S/C20H25N3O/c1-13(15-11-10-14-6-5-7-16(14)12-15)21-20(24)19-17-8-3-2-4-9-18(17)22-23-19/h10-13H,2-9H2,1H3,(H,21,24)(H,22,23)/t13-/m1/s1. The molecule has 0 saturated heterocycles. The van der Waals surface area contributed by atoms with E-state index < -0.39 is 0 Å². The highest BCUT2D eigenvalue weighted by Crippen LogP contribution is 2.26. The number of amides is 1. The number of fused-ring (bicyclic) bond motifs is 2. The molecule has 0 unspecified atom stereocenters. The summed E-state index contributed by atoms with van der Waals surface area (Å²) in [6, 6.07) is 6.64. The molecule has 1 heterocycles. The first-order valence-electron chi connectivity index (χ1n) is 9.21. The van der Waals surface area contributed by atoms with Crippen LogP contribution in [0.1, 0.15) is 77.1 Å². The fourth-order valence-corrected chi connectivity index (χ4v) is 4.05. The Hall–Kier alpha value is -2.10. The van der Waals surface area contributed by atoms with E-state index in [1.54, 1.807) is 0 Å². The summed E-state index contributed by atoms with van der Waals surface area (Å²) in [6.07, 6.45) is 9.13. The Bertz CT molecular complexity index is 762. The predicted octanol–water partition coefficient (Wildman–Crippen LogP) is 3.66. The van der Waals surface area contributed by atoms with Gasteiger partial charge in [0.05, 0.1) is 6.04 Å². The van der Waals surface area contributed by atoms with Crippen molar-refractivity contribution < 1.29 is 4.79 Å². The number of carbonyl (C=O) groups excluding carboxylic acids is 1. The first-order chi connectivity index (χ1) is 11.7. The van der Waals surface area contributed by atoms with Gasteiger partial charge in [0.25, 0.3) is 5.91 Å². The highest BCUT2D eigenvalue weighted by atomic mass is 16.2. The van der Waals surface area contributed by atoms with Gasteiger partial charge in [-0.15, -0.1) is 0 Å². The lowest BCUT2D eigenvalue weighted by atomic mass is 10.0. The van der Waals surface area contributed by atoms with E-state index in [1.807, 2.05) is 0 Å². The van der Waals surface area contributed by atoms with Crippen molar-refractivity contribution in [2.24, 2.45) is 0 Å². The number of nitrogens with zero attached hydrogens (tertiary/aromatic N) is 1. The van der Waals surface area contributed by atoms with E-state index in [0.717, 1.165) is 36.9 Å². The number of carbonyl (C=O) groups is 1. The van der Waals surface area contributed by atoms with Crippen molar-refractivity contribution in [2.75, 3.05) is 0 Å². The second-order valence-corrected chi connectivity index (χ2v) is 7.17. The van der Waals surface area contributed by atoms with Gasteiger partial charge >= 0.3 is 0 Å². The first-order valence-corrected chi connectivity index (χ1v) is 9.21. The molecule has 0 radical (unpaired) electrons. The van der Waals surface area contributed by atoms with Crippen LogP contribution >= 0.6 is 0 Å². The number of aromatic nitrogens is 2. The van der Waals surface area contributed by atoms with Crippen LogP contribution in [0.25, 0.3) is 0 Å². The van der Waals surface area contributed by atoms with Gasteiger partial charge in [-0.1, -0.05) is 24.6 Å². The molecule has 2 aromatic rings. The molecule has 0 bridgehead atoms. The molecule has 0 saturated carbocycles. The summed E-state index contributed by atoms with van der Waals surface area (Å²) in [5.74, 6) is -0.0533. The molecule has 4 nitrogen and oxygen atoms in total. The zero-order valence-corrected chi connectivity index (χ0v) is 14.3. The molecule has 4 rings (SSSR count). The van der Waals surface area contributed by atoms with Crippen molar-refractivity contribution in [1.29, 1.82) is 0 Å². The van der Waals surface area contributed by atoms with Gasteiger partial charge in [-0.05, 0) is 68.6 Å². The number of aryl methyl sites for hydroxylation is 3. The minimum Gasteiger partial charge on any atom is -0.344 e. The van der Waals surface area contributed by atoms with Crippen molar-refractivity contribution in [3.8, 4) is 0 Å². The van der Waals surface area contributed by atoms with Crippen molar-refractivity contribution in [3.05, 3.63) is 51.8 Å². The molecule has 1 aromatic carbocycles. The summed E-state index contributed by atoms with van der Waals surface area (Å²) in [6.45, 7) is 2.06. The summed E-state index contributed by atoms with van der Waals surface area (Å²) in [5, 5.41) is 10.5. The summed E-state index contributed by atoms with van der Waals surface area (Å²) in [7, 11) is 0. The van der Waals surface area contributed by atoms with Gasteiger partial charge in [-0.25, -0.2) is 0 Å². The van der Waals surface area contributed by atoms with E-state index >= 15 is 0 Å². The summed E-state index contributed by atoms with van der Waals surface area (Å²) in [4.78, 5) is 12.7. The molecule has 0 spiro atoms. The molecule has 2 N–H and O–H groups in total. The number of H-pyrrole nitrogens is 1. The molecule has 0 aliphatic heterocycles. The van der Waals surface area contributed by atoms with Gasteiger partial charge in [-0.3, -0.25) is 9.89 Å². The van der Waals surface area contributed by atoms with E-state index in [-0.39, 0.29) is 11.9 Å². The number of hydrogen-bond donors (Lipinski definition) is 2. The van der Waals surface area contributed by atoms with Crippen molar-refractivity contribution in [2.45, 2.75) is 64.3 Å². The number of hydrogen-bond acceptors (Lipinski definition) is 2. The Kier molecular flexibility index (Phi) is 4.13. The highest BCUT2D eigenvalue weighted by Gasteiger charge is 2.22. The van der Waals surface area contributed by atoms with Crippen LogP contribution in [0.5, 0.6) is 0 Å². The van der Waals surface area contributed by atoms with Gasteiger partial charge in [-0.2, -0.15) is 5.10 Å². The summed E-state index contributed by atoms with van der Waals surface area (Å²) < 4.78 is 0. The summed E-state index contributed by atoms with van der Waals surface area (Å²) >= 11 is 0. The van der Waals surface area contributed by atoms with E-state index in [0.29, 0.717) is 5.69 Å². The third-order valence-corrected chi connectivity index (χ3v) is 5.49. The number of aromatic amines is 1. The SMILES string of the molecule is C[C@@H](NC(=O)c1n[nH]c2c1CCCCC2)c1ccc2c(c1)CCC2. The fourth-order valence-electron chi connectivity index (χ4n) is 4.05. The zero-order valence-electron chi connectivity index (χ0n) is 14.3. The molecule has 126 valence electrons. The van der Waals surface area contributed by atoms with Crippen LogP contribution < -0.4 is 5.32 Å². The Labute approximate surface area is 143 Å². The number of rotatable bonds is 3. The van der Waals surface area contributed by atoms with Crippen LogP contribution in [-0.2, 0) is 25.7 Å². The Morgan fingerprint density at radius 1 is 1.08 bits per heavy atom. The molecular weight excluding hydrogens is 298 g/mol. The predicted molar refractivity (Wildman–Crippen MR) is 94.2 cm³/mol. The maximum atomic E-state index is 12.7. The molecule has 2 aliphatic rings. The first kappa shape index (κ1) is 15.4. The smallest absolute Gasteiger partial charge is 0.272 e. The molecular formula is C20H25N3O. The van der Waals surface area contributed by atoms with Gasteiger partial charge in [0.2, 0.25) is 0 Å². The lowest BCUT2D eigenvalue weighted by molar-refractivity contribution is 0.0934. The minimum absolute atomic E-state index is 0.00141. The minimum atomic E-state index is -0.0533. The number of nitrogens with one attached hydrogen (secondary N) is 2. The van der Waals surface area contributed by atoms with Crippen molar-refractivity contribution >= 4 is 5.91 Å². The maximum Gasteiger partial charge on any atom is 0.272 e. The molecule has 1 atom stereocenters. The molecule has 0 fully saturated rings. The van der Waals surface area contributed by atoms with Crippen LogP contribution in [0, 0.1) is 0 Å². The van der Waals surface area contributed by atoms with E-state index in [1.165, 1.54) is 42.4 Å². The lowest BCUT2D eigenvalue weighted by Gasteiger charge is -2.15. The average Bonchev–Trinajstić information content (AvgIpc) is 3.15.